The van der Waals surface area contributed by atoms with Crippen molar-refractivity contribution in [3.8, 4) is 0 Å². The highest BCUT2D eigenvalue weighted by atomic mass is 32.1. The Labute approximate surface area is 120 Å². The van der Waals surface area contributed by atoms with Crippen LogP contribution in [0.2, 0.25) is 0 Å². The maximum Gasteiger partial charge on any atom is 0.300 e. The molecule has 1 fully saturated rings. The lowest BCUT2D eigenvalue weighted by Crippen LogP contribution is -2.32. The largest absolute Gasteiger partial charge is 0.327 e. The minimum Gasteiger partial charge on any atom is -0.327 e. The van der Waals surface area contributed by atoms with Crippen LogP contribution in [0.3, 0.4) is 0 Å². The molecule has 0 aliphatic carbocycles. The quantitative estimate of drug-likeness (QED) is 0.896. The highest BCUT2D eigenvalue weighted by Crippen LogP contribution is 2.15. The highest BCUT2D eigenvalue weighted by Gasteiger charge is 2.17. The number of carbonyl (C=O) groups is 1. The third-order valence-corrected chi connectivity index (χ3v) is 4.28. The average Bonchev–Trinajstić information content (AvgIpc) is 3.10. The van der Waals surface area contributed by atoms with Gasteiger partial charge in [0.2, 0.25) is 0 Å². The number of nitrogens with zero attached hydrogens (tertiary/aromatic N) is 4. The van der Waals surface area contributed by atoms with E-state index in [1.54, 1.807) is 6.07 Å². The number of carbonyl (C=O) groups excluding carboxylic acids is 1. The van der Waals surface area contributed by atoms with Gasteiger partial charge in [0, 0.05) is 31.4 Å². The molecular weight excluding hydrogens is 274 g/mol. The smallest absolute Gasteiger partial charge is 0.300 e. The molecule has 6 nitrogen and oxygen atoms in total. The van der Waals surface area contributed by atoms with Crippen molar-refractivity contribution in [2.75, 3.05) is 13.1 Å². The van der Waals surface area contributed by atoms with Crippen molar-refractivity contribution in [2.24, 2.45) is 12.0 Å². The lowest BCUT2D eigenvalue weighted by Gasteiger charge is -2.22. The van der Waals surface area contributed by atoms with Crippen LogP contribution in [0.1, 0.15) is 29.4 Å². The second kappa shape index (κ2) is 5.72. The number of nitrogens with one attached hydrogen (secondary N) is 1. The molecular formula is C13H17N5OS. The van der Waals surface area contributed by atoms with E-state index >= 15 is 0 Å². The summed E-state index contributed by atoms with van der Waals surface area (Å²) in [5, 5.41) is 9.62. The van der Waals surface area contributed by atoms with Crippen LogP contribution in [0.4, 0.5) is 0 Å². The van der Waals surface area contributed by atoms with Gasteiger partial charge in [-0.25, -0.2) is 0 Å². The molecule has 1 unspecified atom stereocenters. The first kappa shape index (κ1) is 13.3. The molecule has 1 amide bonds. The predicted octanol–water partition coefficient (Wildman–Crippen LogP) is 0.949. The van der Waals surface area contributed by atoms with Crippen molar-refractivity contribution >= 4 is 17.2 Å². The summed E-state index contributed by atoms with van der Waals surface area (Å²) < 4.78 is 3.70. The molecule has 1 atom stereocenters. The van der Waals surface area contributed by atoms with Gasteiger partial charge < -0.3 is 9.88 Å². The standard InChI is InChI=1S/C13H17N5OS/c1-17-7-8-20-13(17)15-12(19)11-4-6-18(16-11)10-3-2-5-14-9-10/h4,6-8,10,14H,2-3,5,9H2,1H3. The normalized spacial score (nSPS) is 20.2. The highest BCUT2D eigenvalue weighted by molar-refractivity contribution is 7.07. The summed E-state index contributed by atoms with van der Waals surface area (Å²) in [6.07, 6.45) is 5.99. The molecule has 0 radical (unpaired) electrons. The number of thiazole rings is 1. The van der Waals surface area contributed by atoms with Crippen LogP contribution in [-0.2, 0) is 7.05 Å². The SMILES string of the molecule is Cn1ccsc1=NC(=O)c1ccn(C2CCCNC2)n1. The number of hydrogen-bond acceptors (Lipinski definition) is 4. The third kappa shape index (κ3) is 2.73. The minimum absolute atomic E-state index is 0.287. The fraction of sp³-hybridized carbons (Fsp3) is 0.462. The average molecular weight is 291 g/mol. The summed E-state index contributed by atoms with van der Waals surface area (Å²) in [4.78, 5) is 16.9. The van der Waals surface area contributed by atoms with Crippen molar-refractivity contribution in [1.82, 2.24) is 19.7 Å². The number of rotatable bonds is 2. The summed E-state index contributed by atoms with van der Waals surface area (Å²) >= 11 is 1.44. The Hall–Kier alpha value is -1.73. The van der Waals surface area contributed by atoms with Crippen molar-refractivity contribution < 1.29 is 4.79 Å². The lowest BCUT2D eigenvalue weighted by atomic mass is 10.1. The molecule has 3 heterocycles. The molecule has 20 heavy (non-hydrogen) atoms. The number of aryl methyl sites for hydroxylation is 1. The number of amides is 1. The molecule has 106 valence electrons. The van der Waals surface area contributed by atoms with E-state index in [2.05, 4.69) is 15.4 Å². The van der Waals surface area contributed by atoms with Gasteiger partial charge in [-0.15, -0.1) is 11.3 Å². The second-order valence-corrected chi connectivity index (χ2v) is 5.77. The number of aromatic nitrogens is 3. The van der Waals surface area contributed by atoms with E-state index in [9.17, 15) is 4.79 Å². The van der Waals surface area contributed by atoms with Gasteiger partial charge in [-0.05, 0) is 25.5 Å². The minimum atomic E-state index is -0.287. The van der Waals surface area contributed by atoms with Gasteiger partial charge in [0.1, 0.15) is 0 Å². The van der Waals surface area contributed by atoms with Crippen molar-refractivity contribution in [1.29, 1.82) is 0 Å². The Kier molecular flexibility index (Phi) is 3.79. The fourth-order valence-corrected chi connectivity index (χ4v) is 3.02. The third-order valence-electron chi connectivity index (χ3n) is 3.43. The molecule has 0 spiro atoms. The topological polar surface area (TPSA) is 64.2 Å². The van der Waals surface area contributed by atoms with Crippen LogP contribution in [0.15, 0.2) is 28.8 Å². The summed E-state index contributed by atoms with van der Waals surface area (Å²) in [7, 11) is 1.87. The van der Waals surface area contributed by atoms with Crippen LogP contribution < -0.4 is 10.1 Å². The number of hydrogen-bond donors (Lipinski definition) is 1. The van der Waals surface area contributed by atoms with Gasteiger partial charge in [0.05, 0.1) is 6.04 Å². The van der Waals surface area contributed by atoms with Gasteiger partial charge in [0.25, 0.3) is 5.91 Å². The van der Waals surface area contributed by atoms with E-state index in [0.29, 0.717) is 16.5 Å². The van der Waals surface area contributed by atoms with Crippen molar-refractivity contribution in [2.45, 2.75) is 18.9 Å². The molecule has 0 bridgehead atoms. The van der Waals surface area contributed by atoms with E-state index in [1.807, 2.05) is 34.1 Å². The first-order chi connectivity index (χ1) is 9.74. The Bertz CT molecular complexity index is 662. The van der Waals surface area contributed by atoms with Gasteiger partial charge in [0.15, 0.2) is 10.5 Å². The van der Waals surface area contributed by atoms with E-state index in [-0.39, 0.29) is 5.91 Å². The van der Waals surface area contributed by atoms with Crippen LogP contribution in [-0.4, -0.2) is 33.3 Å². The van der Waals surface area contributed by atoms with E-state index in [1.165, 1.54) is 11.3 Å². The molecule has 2 aromatic heterocycles. The van der Waals surface area contributed by atoms with E-state index in [0.717, 1.165) is 25.9 Å². The molecule has 0 saturated carbocycles. The van der Waals surface area contributed by atoms with Crippen LogP contribution >= 0.6 is 11.3 Å². The first-order valence-corrected chi connectivity index (χ1v) is 7.57. The maximum atomic E-state index is 12.1. The van der Waals surface area contributed by atoms with Gasteiger partial charge in [-0.3, -0.25) is 9.48 Å². The molecule has 0 aromatic carbocycles. The Balaban J connectivity index is 1.80. The maximum absolute atomic E-state index is 12.1. The van der Waals surface area contributed by atoms with Gasteiger partial charge in [-0.2, -0.15) is 10.1 Å². The summed E-state index contributed by atoms with van der Waals surface area (Å²) in [6.45, 7) is 1.97. The summed E-state index contributed by atoms with van der Waals surface area (Å²) in [5.41, 5.74) is 0.406. The fourth-order valence-electron chi connectivity index (χ4n) is 2.29. The molecule has 7 heteroatoms. The van der Waals surface area contributed by atoms with E-state index in [4.69, 9.17) is 0 Å². The van der Waals surface area contributed by atoms with Crippen molar-refractivity contribution in [3.63, 3.8) is 0 Å². The van der Waals surface area contributed by atoms with Gasteiger partial charge in [-0.1, -0.05) is 0 Å². The lowest BCUT2D eigenvalue weighted by molar-refractivity contribution is 0.0992. The Morgan fingerprint density at radius 1 is 1.55 bits per heavy atom. The monoisotopic (exact) mass is 291 g/mol. The zero-order valence-electron chi connectivity index (χ0n) is 11.3. The zero-order valence-corrected chi connectivity index (χ0v) is 12.1. The van der Waals surface area contributed by atoms with Crippen molar-refractivity contribution in [3.05, 3.63) is 34.3 Å². The number of piperidine rings is 1. The molecule has 1 saturated heterocycles. The van der Waals surface area contributed by atoms with Gasteiger partial charge >= 0.3 is 0 Å². The molecule has 2 aromatic rings. The van der Waals surface area contributed by atoms with E-state index < -0.39 is 0 Å². The Morgan fingerprint density at radius 3 is 3.15 bits per heavy atom. The summed E-state index contributed by atoms with van der Waals surface area (Å²) in [6, 6.07) is 2.08. The molecule has 1 aliphatic heterocycles. The van der Waals surface area contributed by atoms with Crippen LogP contribution in [0.25, 0.3) is 0 Å². The predicted molar refractivity (Wildman–Crippen MR) is 76.6 cm³/mol. The first-order valence-electron chi connectivity index (χ1n) is 6.69. The Morgan fingerprint density at radius 2 is 2.45 bits per heavy atom. The molecule has 3 rings (SSSR count). The second-order valence-electron chi connectivity index (χ2n) is 4.89. The van der Waals surface area contributed by atoms with Crippen LogP contribution in [0.5, 0.6) is 0 Å². The molecule has 1 N–H and O–H groups in total. The summed E-state index contributed by atoms with van der Waals surface area (Å²) in [5.74, 6) is -0.287. The zero-order chi connectivity index (χ0) is 13.9. The molecule has 1 aliphatic rings. The van der Waals surface area contributed by atoms with Crippen LogP contribution in [0, 0.1) is 0 Å².